The molecule has 0 saturated heterocycles. The van der Waals surface area contributed by atoms with Crippen LogP contribution in [0.1, 0.15) is 29.6 Å². The summed E-state index contributed by atoms with van der Waals surface area (Å²) in [5.74, 6) is 1.12. The van der Waals surface area contributed by atoms with Crippen molar-refractivity contribution in [3.63, 3.8) is 0 Å². The third-order valence-electron chi connectivity index (χ3n) is 3.37. The van der Waals surface area contributed by atoms with Gasteiger partial charge in [-0.05, 0) is 25.3 Å². The van der Waals surface area contributed by atoms with E-state index in [9.17, 15) is 0 Å². The maximum Gasteiger partial charge on any atom is 0.270 e. The zero-order valence-electron chi connectivity index (χ0n) is 13.1. The first kappa shape index (κ1) is 17.6. The van der Waals surface area contributed by atoms with E-state index in [1.165, 1.54) is 0 Å². The van der Waals surface area contributed by atoms with Crippen molar-refractivity contribution in [1.82, 2.24) is 15.1 Å². The monoisotopic (exact) mass is 350 g/mol. The molecule has 0 aliphatic carbocycles. The number of hydrogen-bond donors (Lipinski definition) is 1. The Morgan fingerprint density at radius 2 is 1.91 bits per heavy atom. The second-order valence-corrected chi connectivity index (χ2v) is 6.18. The molecule has 0 atom stereocenters. The van der Waals surface area contributed by atoms with Crippen molar-refractivity contribution >= 4 is 23.7 Å². The summed E-state index contributed by atoms with van der Waals surface area (Å²) in [6.45, 7) is 4.65. The molecule has 23 heavy (non-hydrogen) atoms. The quantitative estimate of drug-likeness (QED) is 0.752. The summed E-state index contributed by atoms with van der Waals surface area (Å²) >= 11 is 1.63. The van der Waals surface area contributed by atoms with Crippen LogP contribution in [0.25, 0.3) is 22.2 Å². The molecule has 0 amide bonds. The van der Waals surface area contributed by atoms with Gasteiger partial charge in [-0.15, -0.1) is 23.7 Å². The molecule has 0 aliphatic rings. The first-order valence-corrected chi connectivity index (χ1v) is 8.12. The number of nitrogens with two attached hydrogens (primary N) is 1. The molecule has 0 unspecified atom stereocenters. The zero-order valence-corrected chi connectivity index (χ0v) is 14.7. The number of thiazole rings is 1. The van der Waals surface area contributed by atoms with Crippen LogP contribution < -0.4 is 5.73 Å². The Labute approximate surface area is 145 Å². The maximum atomic E-state index is 5.61. The third kappa shape index (κ3) is 3.77. The zero-order chi connectivity index (χ0) is 15.5. The molecule has 0 radical (unpaired) electrons. The van der Waals surface area contributed by atoms with Gasteiger partial charge in [-0.2, -0.15) is 4.98 Å². The first-order chi connectivity index (χ1) is 10.7. The molecule has 0 aliphatic heterocycles. The molecule has 2 heterocycles. The maximum absolute atomic E-state index is 5.61. The fourth-order valence-electron chi connectivity index (χ4n) is 2.19. The fraction of sp³-hybridized carbons (Fsp3) is 0.312. The molecule has 0 spiro atoms. The minimum absolute atomic E-state index is 0. The molecule has 0 saturated carbocycles. The van der Waals surface area contributed by atoms with Gasteiger partial charge < -0.3 is 10.3 Å². The van der Waals surface area contributed by atoms with Gasteiger partial charge >= 0.3 is 0 Å². The molecular weight excluding hydrogens is 332 g/mol. The molecule has 5 nitrogen and oxygen atoms in total. The van der Waals surface area contributed by atoms with Gasteiger partial charge in [0.2, 0.25) is 5.82 Å². The van der Waals surface area contributed by atoms with Crippen LogP contribution in [0.5, 0.6) is 0 Å². The van der Waals surface area contributed by atoms with Crippen LogP contribution in [-0.4, -0.2) is 15.1 Å². The van der Waals surface area contributed by atoms with Gasteiger partial charge in [0, 0.05) is 12.1 Å². The van der Waals surface area contributed by atoms with E-state index < -0.39 is 0 Å². The molecule has 3 aromatic rings. The second kappa shape index (κ2) is 7.68. The lowest BCUT2D eigenvalue weighted by Crippen LogP contribution is -1.95. The Balaban J connectivity index is 0.00000192. The van der Waals surface area contributed by atoms with Crippen LogP contribution in [0.3, 0.4) is 0 Å². The Morgan fingerprint density at radius 3 is 2.57 bits per heavy atom. The predicted molar refractivity (Wildman–Crippen MR) is 94.7 cm³/mol. The van der Waals surface area contributed by atoms with Gasteiger partial charge in [0.05, 0.1) is 10.7 Å². The number of aryl methyl sites for hydroxylation is 2. The largest absolute Gasteiger partial charge is 0.333 e. The Hall–Kier alpha value is -1.76. The van der Waals surface area contributed by atoms with Crippen molar-refractivity contribution in [3.8, 4) is 22.2 Å². The lowest BCUT2D eigenvalue weighted by atomic mass is 10.1. The highest BCUT2D eigenvalue weighted by atomic mass is 35.5. The number of halogens is 1. The van der Waals surface area contributed by atoms with E-state index in [1.807, 2.05) is 31.2 Å². The van der Waals surface area contributed by atoms with Crippen molar-refractivity contribution < 1.29 is 4.52 Å². The summed E-state index contributed by atoms with van der Waals surface area (Å²) in [7, 11) is 0. The highest BCUT2D eigenvalue weighted by Crippen LogP contribution is 2.30. The summed E-state index contributed by atoms with van der Waals surface area (Å²) in [6.07, 6.45) is 2.06. The van der Waals surface area contributed by atoms with Crippen molar-refractivity contribution in [1.29, 1.82) is 0 Å². The average Bonchev–Trinajstić information content (AvgIpc) is 3.14. The van der Waals surface area contributed by atoms with E-state index in [-0.39, 0.29) is 12.4 Å². The molecule has 122 valence electrons. The number of rotatable bonds is 5. The smallest absolute Gasteiger partial charge is 0.270 e. The first-order valence-electron chi connectivity index (χ1n) is 7.31. The van der Waals surface area contributed by atoms with E-state index in [0.29, 0.717) is 18.3 Å². The van der Waals surface area contributed by atoms with E-state index in [2.05, 4.69) is 22.0 Å². The fourth-order valence-corrected chi connectivity index (χ4v) is 3.28. The van der Waals surface area contributed by atoms with Gasteiger partial charge in [-0.1, -0.05) is 36.3 Å². The Morgan fingerprint density at radius 1 is 1.17 bits per heavy atom. The van der Waals surface area contributed by atoms with Gasteiger partial charge in [0.25, 0.3) is 5.89 Å². The predicted octanol–water partition coefficient (Wildman–Crippen LogP) is 4.00. The van der Waals surface area contributed by atoms with Crippen LogP contribution in [0.4, 0.5) is 0 Å². The minimum atomic E-state index is 0. The van der Waals surface area contributed by atoms with E-state index in [1.54, 1.807) is 11.3 Å². The molecule has 0 bridgehead atoms. The van der Waals surface area contributed by atoms with E-state index in [0.717, 1.165) is 39.5 Å². The number of aromatic nitrogens is 3. The summed E-state index contributed by atoms with van der Waals surface area (Å²) in [5, 5.41) is 5.19. The Kier molecular flexibility index (Phi) is 5.87. The number of benzene rings is 1. The van der Waals surface area contributed by atoms with Crippen LogP contribution in [0.15, 0.2) is 28.8 Å². The topological polar surface area (TPSA) is 77.8 Å². The standard InChI is InChI=1S/C16H18N4OS.ClH/c1-3-4-13-18-10(2)14(22-13)16-19-15(20-21-16)12-7-5-11(9-17)6-8-12;/h5-8H,3-4,9,17H2,1-2H3;1H. The summed E-state index contributed by atoms with van der Waals surface area (Å²) in [6, 6.07) is 7.86. The molecule has 2 aromatic heterocycles. The summed E-state index contributed by atoms with van der Waals surface area (Å²) < 4.78 is 5.42. The van der Waals surface area contributed by atoms with E-state index in [4.69, 9.17) is 10.3 Å². The molecule has 7 heteroatoms. The van der Waals surface area contributed by atoms with Crippen molar-refractivity contribution in [2.45, 2.75) is 33.2 Å². The molecular formula is C16H19ClN4OS. The van der Waals surface area contributed by atoms with Crippen LogP contribution in [0.2, 0.25) is 0 Å². The summed E-state index contributed by atoms with van der Waals surface area (Å²) in [5.41, 5.74) is 8.55. The highest BCUT2D eigenvalue weighted by molar-refractivity contribution is 7.15. The molecule has 2 N–H and O–H groups in total. The van der Waals surface area contributed by atoms with E-state index >= 15 is 0 Å². The Bertz CT molecular complexity index is 767. The highest BCUT2D eigenvalue weighted by Gasteiger charge is 2.16. The van der Waals surface area contributed by atoms with Gasteiger partial charge in [-0.25, -0.2) is 4.98 Å². The SMILES string of the molecule is CCCc1nc(C)c(-c2nc(-c3ccc(CN)cc3)no2)s1.Cl. The van der Waals surface area contributed by atoms with Crippen molar-refractivity contribution in [2.75, 3.05) is 0 Å². The van der Waals surface area contributed by atoms with Crippen LogP contribution in [0, 0.1) is 6.92 Å². The molecule has 3 rings (SSSR count). The minimum Gasteiger partial charge on any atom is -0.333 e. The lowest BCUT2D eigenvalue weighted by Gasteiger charge is -1.97. The van der Waals surface area contributed by atoms with Gasteiger partial charge in [0.1, 0.15) is 4.88 Å². The summed E-state index contributed by atoms with van der Waals surface area (Å²) in [4.78, 5) is 10.0. The number of hydrogen-bond acceptors (Lipinski definition) is 6. The van der Waals surface area contributed by atoms with Crippen molar-refractivity contribution in [3.05, 3.63) is 40.5 Å². The van der Waals surface area contributed by atoms with Gasteiger partial charge in [-0.3, -0.25) is 0 Å². The second-order valence-electron chi connectivity index (χ2n) is 5.10. The lowest BCUT2D eigenvalue weighted by molar-refractivity contribution is 0.433. The van der Waals surface area contributed by atoms with Crippen LogP contribution in [-0.2, 0) is 13.0 Å². The molecule has 1 aromatic carbocycles. The van der Waals surface area contributed by atoms with Crippen molar-refractivity contribution in [2.24, 2.45) is 5.73 Å². The average molecular weight is 351 g/mol. The molecule has 0 fully saturated rings. The van der Waals surface area contributed by atoms with Gasteiger partial charge in [0.15, 0.2) is 0 Å². The normalized spacial score (nSPS) is 10.6. The van der Waals surface area contributed by atoms with Crippen LogP contribution >= 0.6 is 23.7 Å². The number of nitrogens with zero attached hydrogens (tertiary/aromatic N) is 3. The third-order valence-corrected chi connectivity index (χ3v) is 4.58.